The second-order valence-electron chi connectivity index (χ2n) is 6.59. The number of aryl methyl sites for hydroxylation is 1. The maximum atomic E-state index is 12.7. The molecule has 3 aromatic rings. The summed E-state index contributed by atoms with van der Waals surface area (Å²) in [5, 5.41) is 9.92. The van der Waals surface area contributed by atoms with Gasteiger partial charge in [-0.15, -0.1) is 0 Å². The molecular formula is C18H23N5O3. The monoisotopic (exact) mass is 357 g/mol. The van der Waals surface area contributed by atoms with Crippen molar-refractivity contribution in [2.24, 2.45) is 14.1 Å². The number of benzene rings is 1. The maximum absolute atomic E-state index is 12.7. The molecule has 0 radical (unpaired) electrons. The summed E-state index contributed by atoms with van der Waals surface area (Å²) in [6.07, 6.45) is -0.668. The van der Waals surface area contributed by atoms with Crippen LogP contribution in [0.5, 0.6) is 0 Å². The van der Waals surface area contributed by atoms with E-state index in [1.165, 1.54) is 11.6 Å². The topological polar surface area (TPSA) is 85.3 Å². The lowest BCUT2D eigenvalue weighted by Gasteiger charge is -2.20. The summed E-state index contributed by atoms with van der Waals surface area (Å²) in [4.78, 5) is 31.4. The zero-order chi connectivity index (χ0) is 19.0. The average Bonchev–Trinajstić information content (AvgIpc) is 2.98. The van der Waals surface area contributed by atoms with Crippen LogP contribution in [-0.2, 0) is 27.2 Å². The standard InChI is InChI=1S/C18H23N5O3/c1-12(24)10-23-14-15(21(3)18(26)22(4)16(14)25)19-17(23)20(2)11-13-8-6-5-7-9-13/h5-9,12,24H,10-11H2,1-4H3/t12-/m0/s1. The number of rotatable bonds is 5. The number of anilines is 1. The van der Waals surface area contributed by atoms with Crippen LogP contribution >= 0.6 is 0 Å². The van der Waals surface area contributed by atoms with Gasteiger partial charge in [-0.1, -0.05) is 30.3 Å². The van der Waals surface area contributed by atoms with E-state index in [9.17, 15) is 14.7 Å². The zero-order valence-corrected chi connectivity index (χ0v) is 15.4. The molecule has 1 aromatic carbocycles. The number of hydrogen-bond acceptors (Lipinski definition) is 5. The Morgan fingerprint density at radius 1 is 1.15 bits per heavy atom. The Hall–Kier alpha value is -2.87. The molecule has 8 nitrogen and oxygen atoms in total. The molecular weight excluding hydrogens is 334 g/mol. The van der Waals surface area contributed by atoms with Crippen molar-refractivity contribution in [1.29, 1.82) is 0 Å². The first kappa shape index (κ1) is 17.9. The second-order valence-corrected chi connectivity index (χ2v) is 6.59. The molecule has 26 heavy (non-hydrogen) atoms. The van der Waals surface area contributed by atoms with Crippen molar-refractivity contribution in [3.05, 3.63) is 56.7 Å². The highest BCUT2D eigenvalue weighted by molar-refractivity contribution is 5.74. The lowest BCUT2D eigenvalue weighted by Crippen LogP contribution is -2.37. The predicted octanol–water partition coefficient (Wildman–Crippen LogP) is 0.451. The minimum atomic E-state index is -0.668. The summed E-state index contributed by atoms with van der Waals surface area (Å²) >= 11 is 0. The Labute approximate surface area is 150 Å². The second kappa shape index (κ2) is 6.80. The molecule has 2 heterocycles. The van der Waals surface area contributed by atoms with Gasteiger partial charge in [0.25, 0.3) is 5.56 Å². The summed E-state index contributed by atoms with van der Waals surface area (Å²) in [5.41, 5.74) is 0.864. The fraction of sp³-hybridized carbons (Fsp3) is 0.389. The van der Waals surface area contributed by atoms with Gasteiger partial charge in [0.2, 0.25) is 5.95 Å². The number of nitrogens with zero attached hydrogens (tertiary/aromatic N) is 5. The molecule has 2 aromatic heterocycles. The van der Waals surface area contributed by atoms with Gasteiger partial charge >= 0.3 is 5.69 Å². The third-order valence-electron chi connectivity index (χ3n) is 4.38. The van der Waals surface area contributed by atoms with Gasteiger partial charge in [0.05, 0.1) is 12.6 Å². The Bertz CT molecular complexity index is 1050. The Kier molecular flexibility index (Phi) is 4.69. The van der Waals surface area contributed by atoms with Crippen molar-refractivity contribution < 1.29 is 5.11 Å². The van der Waals surface area contributed by atoms with Gasteiger partial charge in [0, 0.05) is 27.7 Å². The third-order valence-corrected chi connectivity index (χ3v) is 4.38. The van der Waals surface area contributed by atoms with Crippen LogP contribution in [0.2, 0.25) is 0 Å². The van der Waals surface area contributed by atoms with Gasteiger partial charge in [-0.3, -0.25) is 13.9 Å². The Morgan fingerprint density at radius 3 is 2.42 bits per heavy atom. The van der Waals surface area contributed by atoms with Gasteiger partial charge in [0.1, 0.15) is 0 Å². The van der Waals surface area contributed by atoms with Crippen LogP contribution in [0.15, 0.2) is 39.9 Å². The van der Waals surface area contributed by atoms with E-state index in [0.29, 0.717) is 23.7 Å². The van der Waals surface area contributed by atoms with Gasteiger partial charge in [-0.25, -0.2) is 4.79 Å². The first-order valence-electron chi connectivity index (χ1n) is 8.40. The van der Waals surface area contributed by atoms with E-state index in [0.717, 1.165) is 10.1 Å². The molecule has 0 unspecified atom stereocenters. The molecule has 0 saturated carbocycles. The van der Waals surface area contributed by atoms with E-state index in [-0.39, 0.29) is 6.54 Å². The van der Waals surface area contributed by atoms with Crippen molar-refractivity contribution >= 4 is 17.1 Å². The van der Waals surface area contributed by atoms with Crippen molar-refractivity contribution in [1.82, 2.24) is 18.7 Å². The summed E-state index contributed by atoms with van der Waals surface area (Å²) < 4.78 is 4.10. The number of aliphatic hydroxyl groups excluding tert-OH is 1. The largest absolute Gasteiger partial charge is 0.392 e. The van der Waals surface area contributed by atoms with E-state index < -0.39 is 17.4 Å². The quantitative estimate of drug-likeness (QED) is 0.717. The number of aromatic nitrogens is 4. The molecule has 1 atom stereocenters. The van der Waals surface area contributed by atoms with Gasteiger partial charge in [-0.2, -0.15) is 4.98 Å². The van der Waals surface area contributed by atoms with Gasteiger partial charge in [0.15, 0.2) is 11.2 Å². The molecule has 138 valence electrons. The third kappa shape index (κ3) is 3.03. The van der Waals surface area contributed by atoms with Crippen LogP contribution in [0.25, 0.3) is 11.2 Å². The molecule has 0 saturated heterocycles. The number of fused-ring (bicyclic) bond motifs is 1. The van der Waals surface area contributed by atoms with Crippen LogP contribution in [-0.4, -0.2) is 36.9 Å². The van der Waals surface area contributed by atoms with Crippen molar-refractivity contribution in [2.75, 3.05) is 11.9 Å². The van der Waals surface area contributed by atoms with Crippen molar-refractivity contribution in [2.45, 2.75) is 26.1 Å². The average molecular weight is 357 g/mol. The molecule has 0 spiro atoms. The Morgan fingerprint density at radius 2 is 1.81 bits per heavy atom. The fourth-order valence-electron chi connectivity index (χ4n) is 3.09. The lowest BCUT2D eigenvalue weighted by molar-refractivity contribution is 0.175. The van der Waals surface area contributed by atoms with E-state index in [1.807, 2.05) is 42.3 Å². The molecule has 8 heteroatoms. The van der Waals surface area contributed by atoms with Gasteiger partial charge < -0.3 is 14.6 Å². The first-order valence-corrected chi connectivity index (χ1v) is 8.40. The molecule has 3 rings (SSSR count). The molecule has 0 aliphatic rings. The smallest absolute Gasteiger partial charge is 0.332 e. The molecule has 0 bridgehead atoms. The number of hydrogen-bond donors (Lipinski definition) is 1. The normalized spacial score (nSPS) is 12.5. The summed E-state index contributed by atoms with van der Waals surface area (Å²) in [6.45, 7) is 2.44. The minimum Gasteiger partial charge on any atom is -0.392 e. The highest BCUT2D eigenvalue weighted by atomic mass is 16.3. The van der Waals surface area contributed by atoms with E-state index in [1.54, 1.807) is 18.5 Å². The van der Waals surface area contributed by atoms with Crippen LogP contribution < -0.4 is 16.1 Å². The summed E-state index contributed by atoms with van der Waals surface area (Å²) in [5.74, 6) is 0.531. The van der Waals surface area contributed by atoms with Crippen LogP contribution in [0.4, 0.5) is 5.95 Å². The molecule has 0 fully saturated rings. The van der Waals surface area contributed by atoms with E-state index in [4.69, 9.17) is 0 Å². The van der Waals surface area contributed by atoms with E-state index in [2.05, 4.69) is 4.98 Å². The minimum absolute atomic E-state index is 0.207. The van der Waals surface area contributed by atoms with Crippen molar-refractivity contribution in [3.63, 3.8) is 0 Å². The highest BCUT2D eigenvalue weighted by Crippen LogP contribution is 2.20. The molecule has 1 N–H and O–H groups in total. The molecule has 0 aliphatic carbocycles. The van der Waals surface area contributed by atoms with Crippen LogP contribution in [0, 0.1) is 0 Å². The first-order chi connectivity index (χ1) is 12.3. The fourth-order valence-corrected chi connectivity index (χ4v) is 3.09. The summed E-state index contributed by atoms with van der Waals surface area (Å²) in [6, 6.07) is 9.88. The number of imidazole rings is 1. The predicted molar refractivity (Wildman–Crippen MR) is 100 cm³/mol. The van der Waals surface area contributed by atoms with Crippen LogP contribution in [0.3, 0.4) is 0 Å². The van der Waals surface area contributed by atoms with Gasteiger partial charge in [-0.05, 0) is 12.5 Å². The lowest BCUT2D eigenvalue weighted by atomic mass is 10.2. The Balaban J connectivity index is 2.21. The SMILES string of the molecule is C[C@H](O)Cn1c(N(C)Cc2ccccc2)nc2c1c(=O)n(C)c(=O)n2C. The summed E-state index contributed by atoms with van der Waals surface area (Å²) in [7, 11) is 4.90. The van der Waals surface area contributed by atoms with Crippen LogP contribution in [0.1, 0.15) is 12.5 Å². The number of aliphatic hydroxyl groups is 1. The van der Waals surface area contributed by atoms with E-state index >= 15 is 0 Å². The molecule has 0 aliphatic heterocycles. The maximum Gasteiger partial charge on any atom is 0.332 e. The highest BCUT2D eigenvalue weighted by Gasteiger charge is 2.22. The zero-order valence-electron chi connectivity index (χ0n) is 15.4. The molecule has 0 amide bonds. The van der Waals surface area contributed by atoms with Crippen molar-refractivity contribution in [3.8, 4) is 0 Å².